The van der Waals surface area contributed by atoms with Gasteiger partial charge in [-0.3, -0.25) is 4.79 Å². The summed E-state index contributed by atoms with van der Waals surface area (Å²) >= 11 is 0. The van der Waals surface area contributed by atoms with Crippen LogP contribution < -0.4 is 5.73 Å². The third-order valence-corrected chi connectivity index (χ3v) is 2.91. The average Bonchev–Trinajstić information content (AvgIpc) is 2.72. The van der Waals surface area contributed by atoms with Crippen molar-refractivity contribution in [3.05, 3.63) is 18.2 Å². The van der Waals surface area contributed by atoms with Gasteiger partial charge >= 0.3 is 0 Å². The summed E-state index contributed by atoms with van der Waals surface area (Å²) in [7, 11) is 0. The molecule has 88 valence electrons. The lowest BCUT2D eigenvalue weighted by atomic mass is 10.2. The minimum Gasteiger partial charge on any atom is -0.333 e. The number of amides is 1. The summed E-state index contributed by atoms with van der Waals surface area (Å²) in [5.74, 6) is 1.16. The van der Waals surface area contributed by atoms with E-state index in [-0.39, 0.29) is 11.9 Å². The van der Waals surface area contributed by atoms with Crippen LogP contribution >= 0.6 is 0 Å². The Labute approximate surface area is 95.2 Å². The Kier molecular flexibility index (Phi) is 3.24. The standard InChI is InChI=1S/C11H18N4O/c1-9(12)2-3-11(16)15-7-6-14-5-4-13-10(14)8-15/h4-5,9H,2-3,6-8,12H2,1H3. The van der Waals surface area contributed by atoms with Gasteiger partial charge in [0.1, 0.15) is 5.82 Å². The second-order valence-corrected chi connectivity index (χ2v) is 4.37. The van der Waals surface area contributed by atoms with Crippen molar-refractivity contribution in [3.8, 4) is 0 Å². The van der Waals surface area contributed by atoms with E-state index in [1.54, 1.807) is 6.20 Å². The highest BCUT2D eigenvalue weighted by Crippen LogP contribution is 2.12. The molecule has 1 aromatic rings. The van der Waals surface area contributed by atoms with E-state index in [9.17, 15) is 4.79 Å². The smallest absolute Gasteiger partial charge is 0.223 e. The molecule has 1 aliphatic heterocycles. The predicted octanol–water partition coefficient (Wildman–Crippen LogP) is 0.353. The van der Waals surface area contributed by atoms with E-state index >= 15 is 0 Å². The molecule has 1 aromatic heterocycles. The maximum absolute atomic E-state index is 11.9. The molecule has 1 amide bonds. The van der Waals surface area contributed by atoms with Gasteiger partial charge in [-0.15, -0.1) is 0 Å². The molecule has 0 fully saturated rings. The zero-order valence-electron chi connectivity index (χ0n) is 9.59. The summed E-state index contributed by atoms with van der Waals surface area (Å²) in [6.07, 6.45) is 5.03. The molecule has 0 aliphatic carbocycles. The first-order valence-electron chi connectivity index (χ1n) is 5.70. The number of hydrogen-bond acceptors (Lipinski definition) is 3. The second kappa shape index (κ2) is 4.65. The van der Waals surface area contributed by atoms with Crippen LogP contribution in [0.5, 0.6) is 0 Å². The number of nitrogens with two attached hydrogens (primary N) is 1. The first kappa shape index (κ1) is 11.1. The van der Waals surface area contributed by atoms with E-state index in [0.29, 0.717) is 13.0 Å². The monoisotopic (exact) mass is 222 g/mol. The molecule has 0 spiro atoms. The Balaban J connectivity index is 1.90. The van der Waals surface area contributed by atoms with Crippen LogP contribution in [0.3, 0.4) is 0 Å². The summed E-state index contributed by atoms with van der Waals surface area (Å²) in [6, 6.07) is 0.0933. The SMILES string of the molecule is CC(N)CCC(=O)N1CCn2ccnc2C1. The van der Waals surface area contributed by atoms with Gasteiger partial charge < -0.3 is 15.2 Å². The largest absolute Gasteiger partial charge is 0.333 e. The number of nitrogens with zero attached hydrogens (tertiary/aromatic N) is 3. The van der Waals surface area contributed by atoms with Crippen molar-refractivity contribution in [2.24, 2.45) is 5.73 Å². The molecule has 5 heteroatoms. The highest BCUT2D eigenvalue weighted by molar-refractivity contribution is 5.76. The fourth-order valence-corrected chi connectivity index (χ4v) is 1.90. The molecule has 5 nitrogen and oxygen atoms in total. The van der Waals surface area contributed by atoms with Crippen LogP contribution in [-0.2, 0) is 17.9 Å². The second-order valence-electron chi connectivity index (χ2n) is 4.37. The zero-order valence-corrected chi connectivity index (χ0v) is 9.59. The zero-order chi connectivity index (χ0) is 11.5. The highest BCUT2D eigenvalue weighted by atomic mass is 16.2. The number of imidazole rings is 1. The molecule has 2 heterocycles. The van der Waals surface area contributed by atoms with Gasteiger partial charge in [0.25, 0.3) is 0 Å². The molecule has 1 unspecified atom stereocenters. The van der Waals surface area contributed by atoms with Gasteiger partial charge in [-0.05, 0) is 13.3 Å². The van der Waals surface area contributed by atoms with Crippen molar-refractivity contribution >= 4 is 5.91 Å². The number of fused-ring (bicyclic) bond motifs is 1. The van der Waals surface area contributed by atoms with E-state index in [1.165, 1.54) is 0 Å². The maximum atomic E-state index is 11.9. The number of hydrogen-bond donors (Lipinski definition) is 1. The molecule has 2 N–H and O–H groups in total. The van der Waals surface area contributed by atoms with Crippen molar-refractivity contribution in [3.63, 3.8) is 0 Å². The van der Waals surface area contributed by atoms with Crippen LogP contribution in [0.1, 0.15) is 25.6 Å². The Bertz CT molecular complexity index is 372. The van der Waals surface area contributed by atoms with E-state index < -0.39 is 0 Å². The molecule has 0 saturated carbocycles. The predicted molar refractivity (Wildman–Crippen MR) is 60.5 cm³/mol. The topological polar surface area (TPSA) is 64.2 Å². The maximum Gasteiger partial charge on any atom is 0.223 e. The fraction of sp³-hybridized carbons (Fsp3) is 0.636. The van der Waals surface area contributed by atoms with E-state index in [1.807, 2.05) is 18.0 Å². The van der Waals surface area contributed by atoms with Crippen LogP contribution in [0.2, 0.25) is 0 Å². The van der Waals surface area contributed by atoms with Gasteiger partial charge in [-0.2, -0.15) is 0 Å². The van der Waals surface area contributed by atoms with Crippen LogP contribution in [0.4, 0.5) is 0 Å². The van der Waals surface area contributed by atoms with E-state index in [0.717, 1.165) is 25.3 Å². The first-order valence-corrected chi connectivity index (χ1v) is 5.70. The highest BCUT2D eigenvalue weighted by Gasteiger charge is 2.20. The van der Waals surface area contributed by atoms with Gasteiger partial charge in [0.05, 0.1) is 6.54 Å². The van der Waals surface area contributed by atoms with Gasteiger partial charge in [-0.25, -0.2) is 4.98 Å². The van der Waals surface area contributed by atoms with Crippen molar-refractivity contribution in [2.45, 2.75) is 38.9 Å². The normalized spacial score (nSPS) is 17.0. The Morgan fingerprint density at radius 2 is 2.44 bits per heavy atom. The van der Waals surface area contributed by atoms with Crippen molar-refractivity contribution in [2.75, 3.05) is 6.54 Å². The lowest BCUT2D eigenvalue weighted by Crippen LogP contribution is -2.38. The lowest BCUT2D eigenvalue weighted by molar-refractivity contribution is -0.132. The number of rotatable bonds is 3. The van der Waals surface area contributed by atoms with Crippen LogP contribution in [0, 0.1) is 0 Å². The molecule has 1 aliphatic rings. The number of carbonyl (C=O) groups is 1. The quantitative estimate of drug-likeness (QED) is 0.802. The average molecular weight is 222 g/mol. The van der Waals surface area contributed by atoms with Crippen molar-refractivity contribution < 1.29 is 4.79 Å². The molecule has 0 bridgehead atoms. The van der Waals surface area contributed by atoms with Gasteiger partial charge in [-0.1, -0.05) is 0 Å². The third-order valence-electron chi connectivity index (χ3n) is 2.91. The number of carbonyl (C=O) groups excluding carboxylic acids is 1. The fourth-order valence-electron chi connectivity index (χ4n) is 1.90. The van der Waals surface area contributed by atoms with Gasteiger partial charge in [0, 0.05) is 37.9 Å². The molecule has 16 heavy (non-hydrogen) atoms. The van der Waals surface area contributed by atoms with Crippen LogP contribution in [0.15, 0.2) is 12.4 Å². The van der Waals surface area contributed by atoms with Crippen molar-refractivity contribution in [1.82, 2.24) is 14.5 Å². The first-order chi connectivity index (χ1) is 7.66. The summed E-state index contributed by atoms with van der Waals surface area (Å²) < 4.78 is 2.09. The third kappa shape index (κ3) is 2.41. The van der Waals surface area contributed by atoms with Crippen molar-refractivity contribution in [1.29, 1.82) is 0 Å². The van der Waals surface area contributed by atoms with Gasteiger partial charge in [0.15, 0.2) is 0 Å². The summed E-state index contributed by atoms with van der Waals surface area (Å²) in [5, 5.41) is 0. The molecule has 0 saturated heterocycles. The molecule has 2 rings (SSSR count). The molecule has 1 atom stereocenters. The van der Waals surface area contributed by atoms with E-state index in [4.69, 9.17) is 5.73 Å². The summed E-state index contributed by atoms with van der Waals surface area (Å²) in [4.78, 5) is 18.0. The van der Waals surface area contributed by atoms with Crippen LogP contribution in [-0.4, -0.2) is 32.9 Å². The Morgan fingerprint density at radius 1 is 1.62 bits per heavy atom. The molecular weight excluding hydrogens is 204 g/mol. The minimum atomic E-state index is 0.0933. The summed E-state index contributed by atoms with van der Waals surface area (Å²) in [5.41, 5.74) is 5.64. The lowest BCUT2D eigenvalue weighted by Gasteiger charge is -2.28. The number of aromatic nitrogens is 2. The van der Waals surface area contributed by atoms with Crippen LogP contribution in [0.25, 0.3) is 0 Å². The van der Waals surface area contributed by atoms with E-state index in [2.05, 4.69) is 9.55 Å². The Hall–Kier alpha value is -1.36. The molecular formula is C11H18N4O. The molecule has 0 radical (unpaired) electrons. The molecule has 0 aromatic carbocycles. The summed E-state index contributed by atoms with van der Waals surface area (Å²) in [6.45, 7) is 4.18. The Morgan fingerprint density at radius 3 is 3.19 bits per heavy atom. The van der Waals surface area contributed by atoms with Gasteiger partial charge in [0.2, 0.25) is 5.91 Å². The minimum absolute atomic E-state index is 0.0933.